The molecule has 68 heavy (non-hydrogen) atoms. The van der Waals surface area contributed by atoms with Crippen LogP contribution in [0.1, 0.15) is 48.8 Å². The molecular formula is C50H50N12O5Si. The first-order valence-electron chi connectivity index (χ1n) is 22.2. The molecule has 0 amide bonds. The molecule has 0 saturated heterocycles. The van der Waals surface area contributed by atoms with Gasteiger partial charge in [0, 0.05) is 14.7 Å². The number of nitrogens with one attached hydrogen (secondary N) is 1. The van der Waals surface area contributed by atoms with Crippen LogP contribution in [-0.2, 0) is 11.5 Å². The van der Waals surface area contributed by atoms with Crippen molar-refractivity contribution in [3.63, 3.8) is 0 Å². The highest BCUT2D eigenvalue weighted by molar-refractivity contribution is 6.76. The van der Waals surface area contributed by atoms with Gasteiger partial charge in [0.15, 0.2) is 40.7 Å². The predicted molar refractivity (Wildman–Crippen MR) is 263 cm³/mol. The van der Waals surface area contributed by atoms with Crippen molar-refractivity contribution < 1.29 is 14.2 Å². The molecule has 10 aromatic rings. The molecule has 0 saturated carbocycles. The Morgan fingerprint density at radius 2 is 1.18 bits per heavy atom. The summed E-state index contributed by atoms with van der Waals surface area (Å²) in [7, 11) is -1.17. The number of nitrogens with zero attached hydrogens (tertiary/aromatic N) is 11. The zero-order valence-electron chi connectivity index (χ0n) is 38.8. The fourth-order valence-electron chi connectivity index (χ4n) is 7.88. The third kappa shape index (κ3) is 9.23. The smallest absolute Gasteiger partial charge is 0.266 e. The van der Waals surface area contributed by atoms with Crippen LogP contribution in [0.3, 0.4) is 0 Å². The molecule has 0 aliphatic carbocycles. The highest BCUT2D eigenvalue weighted by Gasteiger charge is 2.24. The topological polar surface area (TPSA) is 196 Å². The molecule has 0 aliphatic rings. The van der Waals surface area contributed by atoms with Crippen LogP contribution in [0.15, 0.2) is 132 Å². The van der Waals surface area contributed by atoms with E-state index in [9.17, 15) is 9.59 Å². The van der Waals surface area contributed by atoms with Crippen molar-refractivity contribution in [3.8, 4) is 23.1 Å². The lowest BCUT2D eigenvalue weighted by Gasteiger charge is -2.20. The van der Waals surface area contributed by atoms with Crippen LogP contribution in [0.2, 0.25) is 25.7 Å². The molecule has 0 aliphatic heterocycles. The van der Waals surface area contributed by atoms with Gasteiger partial charge in [0.25, 0.3) is 11.1 Å². The minimum Gasteiger partial charge on any atom is -0.465 e. The Morgan fingerprint density at radius 1 is 0.632 bits per heavy atom. The van der Waals surface area contributed by atoms with Crippen LogP contribution in [0, 0.1) is 13.8 Å². The Bertz CT molecular complexity index is 3530. The summed E-state index contributed by atoms with van der Waals surface area (Å²) in [5, 5.41) is 1.18. The number of aryl methyl sites for hydroxylation is 2. The highest BCUT2D eigenvalue weighted by Crippen LogP contribution is 2.29. The van der Waals surface area contributed by atoms with Gasteiger partial charge in [-0.2, -0.15) is 9.97 Å². The summed E-state index contributed by atoms with van der Waals surface area (Å²) in [6.45, 7) is 15.5. The second-order valence-electron chi connectivity index (χ2n) is 17.5. The normalized spacial score (nSPS) is 12.6. The van der Waals surface area contributed by atoms with Crippen LogP contribution in [-0.4, -0.2) is 73.2 Å². The Labute approximate surface area is 391 Å². The minimum absolute atomic E-state index is 0.135. The van der Waals surface area contributed by atoms with E-state index in [0.29, 0.717) is 86.6 Å². The van der Waals surface area contributed by atoms with Crippen molar-refractivity contribution in [1.29, 1.82) is 0 Å². The second kappa shape index (κ2) is 19.1. The van der Waals surface area contributed by atoms with E-state index >= 15 is 0 Å². The number of imidazole rings is 2. The van der Waals surface area contributed by atoms with Crippen molar-refractivity contribution in [2.75, 3.05) is 6.61 Å². The summed E-state index contributed by atoms with van der Waals surface area (Å²) < 4.78 is 23.4. The molecule has 10 rings (SSSR count). The van der Waals surface area contributed by atoms with E-state index in [2.05, 4.69) is 54.5 Å². The first kappa shape index (κ1) is 45.2. The van der Waals surface area contributed by atoms with E-state index in [-0.39, 0.29) is 11.1 Å². The molecule has 1 N–H and O–H groups in total. The monoisotopic (exact) mass is 926 g/mol. The average molecular weight is 927 g/mol. The van der Waals surface area contributed by atoms with Gasteiger partial charge in [-0.25, -0.2) is 29.9 Å². The van der Waals surface area contributed by atoms with Gasteiger partial charge >= 0.3 is 0 Å². The van der Waals surface area contributed by atoms with E-state index in [1.54, 1.807) is 15.5 Å². The molecule has 18 heteroatoms. The van der Waals surface area contributed by atoms with Gasteiger partial charge in [0.2, 0.25) is 11.8 Å². The van der Waals surface area contributed by atoms with E-state index in [0.717, 1.165) is 22.9 Å². The maximum absolute atomic E-state index is 13.7. The summed E-state index contributed by atoms with van der Waals surface area (Å²) in [6.07, 6.45) is 4.89. The maximum Gasteiger partial charge on any atom is 0.266 e. The molecule has 2 unspecified atom stereocenters. The number of aromatic nitrogens is 12. The van der Waals surface area contributed by atoms with Crippen molar-refractivity contribution in [3.05, 3.63) is 166 Å². The van der Waals surface area contributed by atoms with E-state index in [1.807, 2.05) is 129 Å². The fraction of sp³-hybridized carbons (Fsp3) is 0.240. The lowest BCUT2D eigenvalue weighted by Crippen LogP contribution is -2.27. The van der Waals surface area contributed by atoms with Crippen LogP contribution in [0.25, 0.3) is 55.5 Å². The predicted octanol–water partition coefficient (Wildman–Crippen LogP) is 8.79. The van der Waals surface area contributed by atoms with Gasteiger partial charge in [-0.3, -0.25) is 23.3 Å². The van der Waals surface area contributed by atoms with Gasteiger partial charge in [0.05, 0.1) is 45.8 Å². The second-order valence-corrected chi connectivity index (χ2v) is 23.2. The molecule has 0 fully saturated rings. The van der Waals surface area contributed by atoms with E-state index in [4.69, 9.17) is 24.2 Å². The van der Waals surface area contributed by atoms with Gasteiger partial charge in [-0.05, 0) is 81.3 Å². The van der Waals surface area contributed by atoms with Gasteiger partial charge in [0.1, 0.15) is 24.9 Å². The number of ether oxygens (including phenoxy) is 3. The summed E-state index contributed by atoms with van der Waals surface area (Å²) >= 11 is 0. The number of H-pyrrole nitrogens is 1. The number of benzene rings is 4. The largest absolute Gasteiger partial charge is 0.465 e. The number of hydrogen-bond acceptors (Lipinski definition) is 13. The van der Waals surface area contributed by atoms with Crippen LogP contribution < -0.4 is 20.6 Å². The number of rotatable bonds is 13. The first-order chi connectivity index (χ1) is 32.9. The van der Waals surface area contributed by atoms with Crippen molar-refractivity contribution in [2.45, 2.75) is 72.3 Å². The third-order valence-corrected chi connectivity index (χ3v) is 13.1. The zero-order valence-corrected chi connectivity index (χ0v) is 39.8. The van der Waals surface area contributed by atoms with E-state index in [1.165, 1.54) is 19.0 Å². The van der Waals surface area contributed by atoms with Crippen LogP contribution in [0.5, 0.6) is 11.8 Å². The Balaban J connectivity index is 0.000000174. The minimum atomic E-state index is -1.17. The molecule has 2 atom stereocenters. The highest BCUT2D eigenvalue weighted by atomic mass is 28.3. The lowest BCUT2D eigenvalue weighted by molar-refractivity contribution is 0.0894. The quantitative estimate of drug-likeness (QED) is 0.0852. The average Bonchev–Trinajstić information content (AvgIpc) is 3.99. The number of hydrogen-bond donors (Lipinski definition) is 1. The van der Waals surface area contributed by atoms with Crippen molar-refractivity contribution >= 4 is 52.2 Å². The zero-order chi connectivity index (χ0) is 47.5. The molecule has 4 aromatic carbocycles. The molecule has 6 heterocycles. The molecule has 0 bridgehead atoms. The molecule has 0 radical (unpaired) electrons. The first-order valence-corrected chi connectivity index (χ1v) is 25.9. The van der Waals surface area contributed by atoms with E-state index < -0.39 is 20.3 Å². The Hall–Kier alpha value is -7.96. The molecular weight excluding hydrogens is 877 g/mol. The Morgan fingerprint density at radius 3 is 1.75 bits per heavy atom. The third-order valence-electron chi connectivity index (χ3n) is 11.4. The lowest BCUT2D eigenvalue weighted by atomic mass is 10.1. The molecule has 0 spiro atoms. The summed E-state index contributed by atoms with van der Waals surface area (Å²) in [5.41, 5.74) is 6.42. The summed E-state index contributed by atoms with van der Waals surface area (Å²) in [5.74, 6) is 1.63. The Kier molecular flexibility index (Phi) is 12.7. The maximum atomic E-state index is 13.7. The SMILES string of the molecule is Cc1cccc2nc(C(C)Oc3ncnc4c3ncn4COCC[Si](C)(C)C)n(-c3ccccc3)c(=O)c12.Cc1cccc2nc(C(C)Oc3ncnc4nc[nH]c34)n(-c3ccccc3)c(=O)c12. The van der Waals surface area contributed by atoms with Crippen LogP contribution >= 0.6 is 0 Å². The van der Waals surface area contributed by atoms with Gasteiger partial charge < -0.3 is 19.2 Å². The molecule has 17 nitrogen and oxygen atoms in total. The van der Waals surface area contributed by atoms with Gasteiger partial charge in [-0.15, -0.1) is 0 Å². The molecule has 6 aromatic heterocycles. The van der Waals surface area contributed by atoms with Gasteiger partial charge in [-0.1, -0.05) is 80.3 Å². The number of aromatic amines is 1. The molecule has 344 valence electrons. The summed E-state index contributed by atoms with van der Waals surface area (Å²) in [6, 6.07) is 31.3. The number of para-hydroxylation sites is 2. The summed E-state index contributed by atoms with van der Waals surface area (Å²) in [4.78, 5) is 65.7. The van der Waals surface area contributed by atoms with Crippen LogP contribution in [0.4, 0.5) is 0 Å². The van der Waals surface area contributed by atoms with Crippen molar-refractivity contribution in [2.24, 2.45) is 0 Å². The standard InChI is InChI=1S/C28H32N6O3Si.C22H18N6O2/c1-19-10-9-13-22-23(19)28(35)34(21-11-7-6-8-12-21)25(32-22)20(2)37-27-24-26(29-16-30-27)33(17-31-24)18-36-14-15-38(3,4)5;1-13-7-6-10-16-17(13)22(29)28(15-8-4-3-5-9-15)20(27-16)14(2)30-21-18-19(24-11-23-18)25-12-26-21/h6-13,16-17,20H,14-15,18H2,1-5H3;3-12,14H,1-2H3,(H,23,24,25,26). The number of fused-ring (bicyclic) bond motifs is 4. The fourth-order valence-corrected chi connectivity index (χ4v) is 8.63. The van der Waals surface area contributed by atoms with Crippen molar-refractivity contribution in [1.82, 2.24) is 58.6 Å².